The molecule has 4 rings (SSSR count). The fraction of sp³-hybridized carbons (Fsp3) is 0.160. The second-order valence-corrected chi connectivity index (χ2v) is 8.15. The van der Waals surface area contributed by atoms with Gasteiger partial charge in [-0.15, -0.1) is 0 Å². The van der Waals surface area contributed by atoms with Gasteiger partial charge in [-0.1, -0.05) is 53.5 Å². The normalized spacial score (nSPS) is 12.3. The van der Waals surface area contributed by atoms with Gasteiger partial charge in [0.2, 0.25) is 0 Å². The van der Waals surface area contributed by atoms with Gasteiger partial charge in [0, 0.05) is 35.2 Å². The number of hydrogen-bond acceptors (Lipinski definition) is 3. The largest absolute Gasteiger partial charge is 0.384 e. The minimum absolute atomic E-state index is 0.120. The number of aliphatic hydroxyl groups is 1. The lowest BCUT2D eigenvalue weighted by molar-refractivity contribution is 0.187. The first-order valence-corrected chi connectivity index (χ1v) is 10.6. The second-order valence-electron chi connectivity index (χ2n) is 7.28. The van der Waals surface area contributed by atoms with Crippen molar-refractivity contribution < 1.29 is 9.84 Å². The number of hydrogen-bond donors (Lipinski definition) is 1. The molecule has 4 nitrogen and oxygen atoms in total. The summed E-state index contributed by atoms with van der Waals surface area (Å²) < 4.78 is 6.87. The summed E-state index contributed by atoms with van der Waals surface area (Å²) in [6, 6.07) is 21.7. The van der Waals surface area contributed by atoms with Gasteiger partial charge in [0.1, 0.15) is 6.10 Å². The zero-order valence-corrected chi connectivity index (χ0v) is 18.4. The molecule has 1 unspecified atom stereocenters. The van der Waals surface area contributed by atoms with Crippen LogP contribution in [0.1, 0.15) is 17.2 Å². The Morgan fingerprint density at radius 1 is 0.935 bits per heavy atom. The molecule has 0 spiro atoms. The van der Waals surface area contributed by atoms with Crippen LogP contribution >= 0.6 is 23.2 Å². The van der Waals surface area contributed by atoms with Gasteiger partial charge < -0.3 is 14.4 Å². The van der Waals surface area contributed by atoms with Crippen molar-refractivity contribution in [1.29, 1.82) is 0 Å². The number of ether oxygens (including phenoxy) is 1. The van der Waals surface area contributed by atoms with E-state index < -0.39 is 6.10 Å². The second kappa shape index (κ2) is 9.25. The molecule has 0 saturated heterocycles. The van der Waals surface area contributed by atoms with Crippen LogP contribution in [0, 0.1) is 0 Å². The molecule has 1 atom stereocenters. The number of pyridine rings is 1. The van der Waals surface area contributed by atoms with Crippen molar-refractivity contribution >= 4 is 34.1 Å². The van der Waals surface area contributed by atoms with Crippen LogP contribution in [0.2, 0.25) is 10.0 Å². The Hall–Kier alpha value is -2.63. The number of fused-ring (bicyclic) bond motifs is 1. The molecule has 0 radical (unpaired) electrons. The summed E-state index contributed by atoms with van der Waals surface area (Å²) in [5.74, 6) is 0. The van der Waals surface area contributed by atoms with E-state index in [4.69, 9.17) is 27.9 Å². The lowest BCUT2D eigenvalue weighted by Crippen LogP contribution is -2.22. The van der Waals surface area contributed by atoms with Crippen LogP contribution in [0.25, 0.3) is 22.0 Å². The van der Waals surface area contributed by atoms with Crippen molar-refractivity contribution in [2.24, 2.45) is 0 Å². The van der Waals surface area contributed by atoms with Gasteiger partial charge in [-0.05, 0) is 58.7 Å². The van der Waals surface area contributed by atoms with E-state index in [1.165, 1.54) is 0 Å². The maximum Gasteiger partial charge on any atom is 0.251 e. The number of aromatic nitrogens is 1. The van der Waals surface area contributed by atoms with E-state index in [2.05, 4.69) is 0 Å². The summed E-state index contributed by atoms with van der Waals surface area (Å²) >= 11 is 12.2. The molecule has 0 fully saturated rings. The maximum atomic E-state index is 12.9. The molecule has 0 saturated carbocycles. The van der Waals surface area contributed by atoms with Crippen molar-refractivity contribution in [2.75, 3.05) is 13.7 Å². The average Bonchev–Trinajstić information content (AvgIpc) is 2.78. The molecular formula is C25H21Cl2NO3. The standard InChI is InChI=1S/C25H21Cl2NO3/c1-31-12-11-28-23-10-7-18(25(30)16-5-8-19(26)9-6-16)14-22(23)21(15-24(28)29)17-3-2-4-20(27)13-17/h2-10,13-15,25,30H,11-12H2,1H3. The van der Waals surface area contributed by atoms with Gasteiger partial charge >= 0.3 is 0 Å². The van der Waals surface area contributed by atoms with E-state index in [0.717, 1.165) is 33.2 Å². The monoisotopic (exact) mass is 453 g/mol. The Bertz CT molecular complexity index is 1280. The van der Waals surface area contributed by atoms with Gasteiger partial charge in [-0.25, -0.2) is 0 Å². The van der Waals surface area contributed by atoms with E-state index in [1.54, 1.807) is 48.1 Å². The molecule has 4 aromatic rings. The third-order valence-electron chi connectivity index (χ3n) is 5.29. The summed E-state index contributed by atoms with van der Waals surface area (Å²) in [5, 5.41) is 13.0. The molecule has 1 aromatic heterocycles. The highest BCUT2D eigenvalue weighted by molar-refractivity contribution is 6.31. The van der Waals surface area contributed by atoms with Crippen molar-refractivity contribution in [3.8, 4) is 11.1 Å². The zero-order chi connectivity index (χ0) is 22.0. The lowest BCUT2D eigenvalue weighted by atomic mass is 9.95. The quantitative estimate of drug-likeness (QED) is 0.407. The predicted octanol–water partition coefficient (Wildman–Crippen LogP) is 5.70. The Kier molecular flexibility index (Phi) is 6.44. The first-order valence-electron chi connectivity index (χ1n) is 9.84. The van der Waals surface area contributed by atoms with Crippen molar-refractivity contribution in [1.82, 2.24) is 4.57 Å². The number of benzene rings is 3. The van der Waals surface area contributed by atoms with Gasteiger partial charge in [0.05, 0.1) is 12.1 Å². The summed E-state index contributed by atoms with van der Waals surface area (Å²) in [4.78, 5) is 12.9. The maximum absolute atomic E-state index is 12.9. The summed E-state index contributed by atoms with van der Waals surface area (Å²) in [6.45, 7) is 0.849. The molecule has 31 heavy (non-hydrogen) atoms. The minimum atomic E-state index is -0.826. The topological polar surface area (TPSA) is 51.5 Å². The smallest absolute Gasteiger partial charge is 0.251 e. The first-order chi connectivity index (χ1) is 15.0. The van der Waals surface area contributed by atoms with Gasteiger partial charge in [0.25, 0.3) is 5.56 Å². The van der Waals surface area contributed by atoms with Gasteiger partial charge in [-0.2, -0.15) is 0 Å². The molecule has 0 aliphatic rings. The molecule has 0 amide bonds. The Morgan fingerprint density at radius 3 is 2.39 bits per heavy atom. The molecular weight excluding hydrogens is 433 g/mol. The summed E-state index contributed by atoms with van der Waals surface area (Å²) in [7, 11) is 1.61. The molecule has 1 heterocycles. The van der Waals surface area contributed by atoms with E-state index in [1.807, 2.05) is 36.4 Å². The molecule has 0 bridgehead atoms. The lowest BCUT2D eigenvalue weighted by Gasteiger charge is -2.17. The SMILES string of the molecule is COCCn1c(=O)cc(-c2cccc(Cl)c2)c2cc(C(O)c3ccc(Cl)cc3)ccc21. The molecule has 0 aliphatic carbocycles. The predicted molar refractivity (Wildman–Crippen MR) is 126 cm³/mol. The Labute approximate surface area is 190 Å². The highest BCUT2D eigenvalue weighted by Crippen LogP contribution is 2.32. The van der Waals surface area contributed by atoms with E-state index in [-0.39, 0.29) is 5.56 Å². The molecule has 6 heteroatoms. The minimum Gasteiger partial charge on any atom is -0.384 e. The number of methoxy groups -OCH3 is 1. The highest BCUT2D eigenvalue weighted by atomic mass is 35.5. The third-order valence-corrected chi connectivity index (χ3v) is 5.78. The van der Waals surface area contributed by atoms with Crippen molar-refractivity contribution in [2.45, 2.75) is 12.6 Å². The van der Waals surface area contributed by atoms with E-state index >= 15 is 0 Å². The van der Waals surface area contributed by atoms with E-state index in [0.29, 0.717) is 23.2 Å². The molecule has 158 valence electrons. The van der Waals surface area contributed by atoms with Crippen molar-refractivity contribution in [3.63, 3.8) is 0 Å². The van der Waals surface area contributed by atoms with Gasteiger partial charge in [0.15, 0.2) is 0 Å². The average molecular weight is 454 g/mol. The van der Waals surface area contributed by atoms with Crippen LogP contribution in [0.5, 0.6) is 0 Å². The number of halogens is 2. The number of aliphatic hydroxyl groups excluding tert-OH is 1. The molecule has 0 aliphatic heterocycles. The van der Waals surface area contributed by atoms with Crippen LogP contribution in [0.4, 0.5) is 0 Å². The molecule has 1 N–H and O–H groups in total. The van der Waals surface area contributed by atoms with Crippen LogP contribution in [-0.4, -0.2) is 23.4 Å². The fourth-order valence-corrected chi connectivity index (χ4v) is 4.03. The summed E-state index contributed by atoms with van der Waals surface area (Å²) in [6.07, 6.45) is -0.826. The van der Waals surface area contributed by atoms with Crippen molar-refractivity contribution in [3.05, 3.63) is 104 Å². The highest BCUT2D eigenvalue weighted by Gasteiger charge is 2.16. The first kappa shape index (κ1) is 21.6. The van der Waals surface area contributed by atoms with Gasteiger partial charge in [-0.3, -0.25) is 4.79 Å². The fourth-order valence-electron chi connectivity index (χ4n) is 3.72. The third kappa shape index (κ3) is 4.53. The van der Waals surface area contributed by atoms with Crippen LogP contribution in [-0.2, 0) is 11.3 Å². The van der Waals surface area contributed by atoms with Crippen LogP contribution < -0.4 is 5.56 Å². The summed E-state index contributed by atoms with van der Waals surface area (Å²) in [5.41, 5.74) is 3.71. The Morgan fingerprint density at radius 2 is 1.68 bits per heavy atom. The van der Waals surface area contributed by atoms with Crippen LogP contribution in [0.15, 0.2) is 77.6 Å². The zero-order valence-electron chi connectivity index (χ0n) is 16.9. The van der Waals surface area contributed by atoms with E-state index in [9.17, 15) is 9.90 Å². The number of nitrogens with zero attached hydrogens (tertiary/aromatic N) is 1. The van der Waals surface area contributed by atoms with Crippen LogP contribution in [0.3, 0.4) is 0 Å². The molecule has 3 aromatic carbocycles. The Balaban J connectivity index is 1.92. The number of rotatable bonds is 6.